The lowest BCUT2D eigenvalue weighted by Gasteiger charge is -2.18. The zero-order chi connectivity index (χ0) is 12.3. The summed E-state index contributed by atoms with van der Waals surface area (Å²) < 4.78 is 0. The average molecular weight is 223 g/mol. The number of allylic oxidation sites excluding steroid dienone is 6. The molecule has 0 heteroatoms. The second-order valence-corrected chi connectivity index (χ2v) is 5.41. The lowest BCUT2D eigenvalue weighted by Crippen LogP contribution is -2.10. The average Bonchev–Trinajstić information content (AvgIpc) is 2.56. The monoisotopic (exact) mass is 223 g/mol. The first kappa shape index (κ1) is 11.8. The van der Waals surface area contributed by atoms with E-state index in [-0.39, 0.29) is 5.41 Å². The van der Waals surface area contributed by atoms with Gasteiger partial charge in [-0.25, -0.2) is 0 Å². The van der Waals surface area contributed by atoms with Gasteiger partial charge in [0, 0.05) is 18.2 Å². The van der Waals surface area contributed by atoms with Crippen molar-refractivity contribution >= 4 is 5.57 Å². The van der Waals surface area contributed by atoms with Crippen LogP contribution in [0.1, 0.15) is 38.3 Å². The summed E-state index contributed by atoms with van der Waals surface area (Å²) in [5.41, 5.74) is 4.03. The van der Waals surface area contributed by atoms with Crippen LogP contribution in [0.25, 0.3) is 5.57 Å². The summed E-state index contributed by atoms with van der Waals surface area (Å²) in [7, 11) is 0. The van der Waals surface area contributed by atoms with E-state index in [4.69, 9.17) is 0 Å². The molecule has 17 heavy (non-hydrogen) atoms. The molecule has 0 heterocycles. The van der Waals surface area contributed by atoms with Crippen LogP contribution in [-0.2, 0) is 5.41 Å². The fourth-order valence-corrected chi connectivity index (χ4v) is 1.87. The van der Waals surface area contributed by atoms with Gasteiger partial charge in [0.15, 0.2) is 5.57 Å². The Hall–Kier alpha value is -1.65. The zero-order valence-electron chi connectivity index (χ0n) is 10.8. The molecule has 0 aromatic heterocycles. The smallest absolute Gasteiger partial charge is 0.0583 e. The molecule has 0 spiro atoms. The molecule has 0 N–H and O–H groups in total. The molecular weight excluding hydrogens is 204 g/mol. The summed E-state index contributed by atoms with van der Waals surface area (Å²) in [6.07, 6.45) is 12.7. The maximum absolute atomic E-state index is 3.40. The quantitative estimate of drug-likeness (QED) is 0.606. The molecule has 0 bridgehead atoms. The lowest BCUT2D eigenvalue weighted by atomic mass is 9.86. The maximum atomic E-state index is 3.40. The molecule has 0 saturated carbocycles. The molecule has 1 aromatic carbocycles. The highest BCUT2D eigenvalue weighted by Crippen LogP contribution is 2.25. The summed E-state index contributed by atoms with van der Waals surface area (Å²) >= 11 is 0. The molecular formula is C17H19+. The predicted octanol–water partition coefficient (Wildman–Crippen LogP) is 4.69. The molecule has 86 valence electrons. The lowest BCUT2D eigenvalue weighted by molar-refractivity contribution is 0.590. The molecule has 0 atom stereocenters. The minimum atomic E-state index is 0.220. The third kappa shape index (κ3) is 2.93. The van der Waals surface area contributed by atoms with Gasteiger partial charge in [-0.1, -0.05) is 32.9 Å². The highest BCUT2D eigenvalue weighted by molar-refractivity contribution is 5.73. The molecule has 2 rings (SSSR count). The molecule has 1 aliphatic rings. The fourth-order valence-electron chi connectivity index (χ4n) is 1.87. The van der Waals surface area contributed by atoms with Gasteiger partial charge in [0.2, 0.25) is 0 Å². The van der Waals surface area contributed by atoms with Crippen LogP contribution in [-0.4, -0.2) is 0 Å². The van der Waals surface area contributed by atoms with Crippen molar-refractivity contribution in [1.82, 2.24) is 0 Å². The second kappa shape index (κ2) is 4.69. The normalized spacial score (nSPS) is 15.1. The van der Waals surface area contributed by atoms with Crippen molar-refractivity contribution in [2.45, 2.75) is 32.6 Å². The van der Waals surface area contributed by atoms with Crippen LogP contribution in [0.2, 0.25) is 0 Å². The number of benzene rings is 1. The van der Waals surface area contributed by atoms with E-state index in [1.165, 1.54) is 16.7 Å². The topological polar surface area (TPSA) is 0 Å². The van der Waals surface area contributed by atoms with Crippen molar-refractivity contribution in [3.8, 4) is 0 Å². The first-order valence-corrected chi connectivity index (χ1v) is 6.12. The van der Waals surface area contributed by atoms with Crippen LogP contribution in [0, 0.1) is 6.08 Å². The van der Waals surface area contributed by atoms with Crippen LogP contribution >= 0.6 is 0 Å². The zero-order valence-corrected chi connectivity index (χ0v) is 10.8. The third-order valence-corrected chi connectivity index (χ3v) is 2.98. The Morgan fingerprint density at radius 1 is 1.00 bits per heavy atom. The van der Waals surface area contributed by atoms with Crippen molar-refractivity contribution in [2.24, 2.45) is 0 Å². The second-order valence-electron chi connectivity index (χ2n) is 5.41. The van der Waals surface area contributed by atoms with E-state index < -0.39 is 0 Å². The van der Waals surface area contributed by atoms with Gasteiger partial charge in [-0.3, -0.25) is 0 Å². The standard InChI is InChI=1S/C17H19/c1-17(2,3)16-12-10-15(11-13-16)14-8-6-4-5-7-9-14/h4-6,8,10-13H,7H2,1-3H3/q+1. The number of hydrogen-bond donors (Lipinski definition) is 0. The molecule has 0 amide bonds. The molecule has 0 radical (unpaired) electrons. The van der Waals surface area contributed by atoms with Gasteiger partial charge >= 0.3 is 0 Å². The van der Waals surface area contributed by atoms with Crippen molar-refractivity contribution in [3.05, 3.63) is 65.8 Å². The van der Waals surface area contributed by atoms with Crippen molar-refractivity contribution < 1.29 is 0 Å². The Morgan fingerprint density at radius 2 is 1.71 bits per heavy atom. The van der Waals surface area contributed by atoms with E-state index in [9.17, 15) is 0 Å². The van der Waals surface area contributed by atoms with E-state index in [0.717, 1.165) is 6.42 Å². The third-order valence-electron chi connectivity index (χ3n) is 2.98. The van der Waals surface area contributed by atoms with Crippen LogP contribution in [0.3, 0.4) is 0 Å². The Balaban J connectivity index is 2.27. The summed E-state index contributed by atoms with van der Waals surface area (Å²) in [5.74, 6) is 0. The first-order chi connectivity index (χ1) is 8.07. The highest BCUT2D eigenvalue weighted by atomic mass is 14.2. The van der Waals surface area contributed by atoms with Crippen LogP contribution in [0.15, 0.2) is 48.6 Å². The van der Waals surface area contributed by atoms with Gasteiger partial charge < -0.3 is 0 Å². The summed E-state index contributed by atoms with van der Waals surface area (Å²) in [4.78, 5) is 0. The maximum Gasteiger partial charge on any atom is 0.191 e. The highest BCUT2D eigenvalue weighted by Gasteiger charge is 2.15. The SMILES string of the molecule is CC(C)(C)c1ccc(C2=[C+]CC=CC=C2)cc1. The summed E-state index contributed by atoms with van der Waals surface area (Å²) in [6, 6.07) is 8.82. The van der Waals surface area contributed by atoms with E-state index in [2.05, 4.69) is 75.4 Å². The Bertz CT molecular complexity index is 462. The summed E-state index contributed by atoms with van der Waals surface area (Å²) in [5, 5.41) is 0. The largest absolute Gasteiger partial charge is 0.191 e. The van der Waals surface area contributed by atoms with Crippen LogP contribution < -0.4 is 0 Å². The Morgan fingerprint density at radius 3 is 2.35 bits per heavy atom. The minimum Gasteiger partial charge on any atom is -0.0583 e. The van der Waals surface area contributed by atoms with Crippen molar-refractivity contribution in [3.63, 3.8) is 0 Å². The van der Waals surface area contributed by atoms with E-state index >= 15 is 0 Å². The molecule has 0 saturated heterocycles. The molecule has 0 aliphatic heterocycles. The Kier molecular flexibility index (Phi) is 3.26. The molecule has 1 aromatic rings. The van der Waals surface area contributed by atoms with Gasteiger partial charge in [-0.2, -0.15) is 0 Å². The van der Waals surface area contributed by atoms with Gasteiger partial charge in [-0.15, -0.1) is 0 Å². The predicted molar refractivity (Wildman–Crippen MR) is 74.7 cm³/mol. The van der Waals surface area contributed by atoms with Gasteiger partial charge in [0.05, 0.1) is 18.1 Å². The fraction of sp³-hybridized carbons (Fsp3) is 0.294. The molecule has 1 aliphatic carbocycles. The summed E-state index contributed by atoms with van der Waals surface area (Å²) in [6.45, 7) is 6.72. The minimum absolute atomic E-state index is 0.220. The first-order valence-electron chi connectivity index (χ1n) is 6.12. The van der Waals surface area contributed by atoms with Gasteiger partial charge in [-0.05, 0) is 29.2 Å². The van der Waals surface area contributed by atoms with Crippen LogP contribution in [0.5, 0.6) is 0 Å². The van der Waals surface area contributed by atoms with Crippen LogP contribution in [0.4, 0.5) is 0 Å². The molecule has 0 nitrogen and oxygen atoms in total. The molecule has 0 unspecified atom stereocenters. The van der Waals surface area contributed by atoms with Crippen molar-refractivity contribution in [2.75, 3.05) is 0 Å². The van der Waals surface area contributed by atoms with E-state index in [1.807, 2.05) is 0 Å². The van der Waals surface area contributed by atoms with E-state index in [1.54, 1.807) is 0 Å². The van der Waals surface area contributed by atoms with Gasteiger partial charge in [0.25, 0.3) is 0 Å². The van der Waals surface area contributed by atoms with E-state index in [0.29, 0.717) is 0 Å². The number of hydrogen-bond acceptors (Lipinski definition) is 0. The molecule has 0 fully saturated rings. The van der Waals surface area contributed by atoms with Crippen molar-refractivity contribution in [1.29, 1.82) is 0 Å². The number of rotatable bonds is 1. The Labute approximate surface area is 104 Å². The van der Waals surface area contributed by atoms with Gasteiger partial charge in [0.1, 0.15) is 0 Å².